The van der Waals surface area contributed by atoms with E-state index in [1.165, 1.54) is 31.2 Å². The topological polar surface area (TPSA) is 81.7 Å². The number of hydrogen-bond acceptors (Lipinski definition) is 5. The maximum absolute atomic E-state index is 12.4. The van der Waals surface area contributed by atoms with Crippen molar-refractivity contribution < 1.29 is 22.7 Å². The molecule has 0 saturated heterocycles. The van der Waals surface area contributed by atoms with Gasteiger partial charge in [-0.15, -0.1) is 0 Å². The van der Waals surface area contributed by atoms with Gasteiger partial charge in [-0.1, -0.05) is 17.7 Å². The van der Waals surface area contributed by atoms with Gasteiger partial charge in [-0.25, -0.2) is 13.1 Å². The summed E-state index contributed by atoms with van der Waals surface area (Å²) in [5.74, 6) is 0.560. The Morgan fingerprint density at radius 2 is 2.00 bits per heavy atom. The van der Waals surface area contributed by atoms with Crippen molar-refractivity contribution in [2.45, 2.75) is 24.2 Å². The number of hydrogen-bond donors (Lipinski definition) is 1. The zero-order valence-corrected chi connectivity index (χ0v) is 15.6. The molecule has 3 rings (SSSR count). The van der Waals surface area contributed by atoms with E-state index in [9.17, 15) is 13.2 Å². The van der Waals surface area contributed by atoms with Crippen LogP contribution in [0, 0.1) is 0 Å². The molecule has 1 atom stereocenters. The summed E-state index contributed by atoms with van der Waals surface area (Å²) in [7, 11) is -3.62. The highest BCUT2D eigenvalue weighted by molar-refractivity contribution is 7.89. The van der Waals surface area contributed by atoms with E-state index in [4.69, 9.17) is 21.1 Å². The lowest BCUT2D eigenvalue weighted by Crippen LogP contribution is -2.30. The normalized spacial score (nSPS) is 16.5. The molecule has 2 aromatic carbocycles. The van der Waals surface area contributed by atoms with Crippen molar-refractivity contribution >= 4 is 27.6 Å². The molecule has 8 heteroatoms. The van der Waals surface area contributed by atoms with Crippen molar-refractivity contribution in [2.75, 3.05) is 13.2 Å². The number of fused-ring (bicyclic) bond motifs is 1. The highest BCUT2D eigenvalue weighted by Crippen LogP contribution is 2.36. The van der Waals surface area contributed by atoms with Crippen LogP contribution in [0.25, 0.3) is 0 Å². The SMILES string of the molecule is CC(=O)Oc1ccc2c(c1)OCCC2CNS(=O)(=O)c1ccc(Cl)cc1. The predicted molar refractivity (Wildman–Crippen MR) is 97.2 cm³/mol. The van der Waals surface area contributed by atoms with E-state index < -0.39 is 16.0 Å². The zero-order chi connectivity index (χ0) is 18.7. The van der Waals surface area contributed by atoms with Gasteiger partial charge in [-0.3, -0.25) is 4.79 Å². The van der Waals surface area contributed by atoms with Crippen LogP contribution >= 0.6 is 11.6 Å². The molecule has 0 bridgehead atoms. The Labute approximate surface area is 157 Å². The monoisotopic (exact) mass is 395 g/mol. The third-order valence-electron chi connectivity index (χ3n) is 4.05. The summed E-state index contributed by atoms with van der Waals surface area (Å²) >= 11 is 5.80. The summed E-state index contributed by atoms with van der Waals surface area (Å²) in [5.41, 5.74) is 0.881. The summed E-state index contributed by atoms with van der Waals surface area (Å²) in [5, 5.41) is 0.478. The van der Waals surface area contributed by atoms with Crippen molar-refractivity contribution in [2.24, 2.45) is 0 Å². The molecule has 2 aromatic rings. The summed E-state index contributed by atoms with van der Waals surface area (Å²) in [6.07, 6.45) is 0.684. The molecular weight excluding hydrogens is 378 g/mol. The van der Waals surface area contributed by atoms with Gasteiger partial charge in [0.25, 0.3) is 0 Å². The molecule has 1 aliphatic rings. The standard InChI is InChI=1S/C18H18ClNO5S/c1-12(21)25-15-4-7-17-13(8-9-24-18(17)10-15)11-20-26(22,23)16-5-2-14(19)3-6-16/h2-7,10,13,20H,8-9,11H2,1H3. The van der Waals surface area contributed by atoms with Crippen LogP contribution in [0.4, 0.5) is 0 Å². The van der Waals surface area contributed by atoms with Gasteiger partial charge in [0.05, 0.1) is 11.5 Å². The Bertz CT molecular complexity index is 912. The zero-order valence-electron chi connectivity index (χ0n) is 14.1. The van der Waals surface area contributed by atoms with Crippen molar-refractivity contribution in [3.05, 3.63) is 53.1 Å². The van der Waals surface area contributed by atoms with Gasteiger partial charge >= 0.3 is 5.97 Å². The summed E-state index contributed by atoms with van der Waals surface area (Å²) in [6, 6.07) is 11.1. The average molecular weight is 396 g/mol. The van der Waals surface area contributed by atoms with Gasteiger partial charge in [-0.2, -0.15) is 0 Å². The smallest absolute Gasteiger partial charge is 0.308 e. The van der Waals surface area contributed by atoms with E-state index in [-0.39, 0.29) is 17.4 Å². The van der Waals surface area contributed by atoms with E-state index in [1.807, 2.05) is 0 Å². The number of benzene rings is 2. The van der Waals surface area contributed by atoms with E-state index >= 15 is 0 Å². The molecule has 0 spiro atoms. The van der Waals surface area contributed by atoms with Crippen LogP contribution in [0.15, 0.2) is 47.4 Å². The van der Waals surface area contributed by atoms with Crippen molar-refractivity contribution in [3.63, 3.8) is 0 Å². The number of carbonyl (C=O) groups excluding carboxylic acids is 1. The van der Waals surface area contributed by atoms with Crippen molar-refractivity contribution in [3.8, 4) is 11.5 Å². The second-order valence-electron chi connectivity index (χ2n) is 5.93. The first-order valence-electron chi connectivity index (χ1n) is 8.05. The van der Waals surface area contributed by atoms with Crippen LogP contribution in [0.5, 0.6) is 11.5 Å². The molecular formula is C18H18ClNO5S. The molecule has 0 amide bonds. The number of sulfonamides is 1. The van der Waals surface area contributed by atoms with Gasteiger partial charge < -0.3 is 9.47 Å². The van der Waals surface area contributed by atoms with Gasteiger partial charge in [-0.05, 0) is 42.3 Å². The highest BCUT2D eigenvalue weighted by Gasteiger charge is 2.24. The van der Waals surface area contributed by atoms with Crippen LogP contribution in [0.1, 0.15) is 24.8 Å². The molecule has 26 heavy (non-hydrogen) atoms. The molecule has 0 radical (unpaired) electrons. The van der Waals surface area contributed by atoms with E-state index in [0.717, 1.165) is 5.56 Å². The summed E-state index contributed by atoms with van der Waals surface area (Å²) in [4.78, 5) is 11.2. The van der Waals surface area contributed by atoms with Crippen LogP contribution in [-0.4, -0.2) is 27.5 Å². The minimum absolute atomic E-state index is 0.0350. The molecule has 1 heterocycles. The summed E-state index contributed by atoms with van der Waals surface area (Å²) < 4.78 is 38.2. The number of halogens is 1. The van der Waals surface area contributed by atoms with Crippen LogP contribution in [-0.2, 0) is 14.8 Å². The minimum atomic E-state index is -3.62. The Morgan fingerprint density at radius 3 is 2.69 bits per heavy atom. The van der Waals surface area contributed by atoms with E-state index in [2.05, 4.69) is 4.72 Å². The second-order valence-corrected chi connectivity index (χ2v) is 8.14. The Balaban J connectivity index is 1.74. The molecule has 138 valence electrons. The molecule has 0 fully saturated rings. The maximum atomic E-state index is 12.4. The Hall–Kier alpha value is -2.09. The van der Waals surface area contributed by atoms with Crippen LogP contribution in [0.3, 0.4) is 0 Å². The van der Waals surface area contributed by atoms with Crippen LogP contribution < -0.4 is 14.2 Å². The molecule has 0 saturated carbocycles. The van der Waals surface area contributed by atoms with Gasteiger partial charge in [0.15, 0.2) is 0 Å². The Morgan fingerprint density at radius 1 is 1.27 bits per heavy atom. The van der Waals surface area contributed by atoms with Gasteiger partial charge in [0.1, 0.15) is 11.5 Å². The number of rotatable bonds is 5. The number of esters is 1. The fraction of sp³-hybridized carbons (Fsp3) is 0.278. The first-order chi connectivity index (χ1) is 12.3. The number of ether oxygens (including phenoxy) is 2. The third kappa shape index (κ3) is 4.35. The average Bonchev–Trinajstić information content (AvgIpc) is 2.59. The quantitative estimate of drug-likeness (QED) is 0.621. The molecule has 1 N–H and O–H groups in total. The lowest BCUT2D eigenvalue weighted by molar-refractivity contribution is -0.131. The highest BCUT2D eigenvalue weighted by atomic mass is 35.5. The largest absolute Gasteiger partial charge is 0.493 e. The molecule has 1 unspecified atom stereocenters. The minimum Gasteiger partial charge on any atom is -0.493 e. The Kier molecular flexibility index (Phi) is 5.50. The van der Waals surface area contributed by atoms with E-state index in [0.29, 0.717) is 29.5 Å². The molecule has 0 aliphatic carbocycles. The van der Waals surface area contributed by atoms with Crippen LogP contribution in [0.2, 0.25) is 5.02 Å². The second kappa shape index (κ2) is 7.65. The lowest BCUT2D eigenvalue weighted by atomic mass is 9.93. The molecule has 1 aliphatic heterocycles. The fourth-order valence-corrected chi connectivity index (χ4v) is 4.00. The molecule has 0 aromatic heterocycles. The fourth-order valence-electron chi connectivity index (χ4n) is 2.79. The number of carbonyl (C=O) groups is 1. The summed E-state index contributed by atoms with van der Waals surface area (Å²) in [6.45, 7) is 2.03. The van der Waals surface area contributed by atoms with E-state index in [1.54, 1.807) is 18.2 Å². The lowest BCUT2D eigenvalue weighted by Gasteiger charge is -2.26. The van der Waals surface area contributed by atoms with Gasteiger partial charge in [0, 0.05) is 30.5 Å². The van der Waals surface area contributed by atoms with Crippen molar-refractivity contribution in [1.82, 2.24) is 4.72 Å². The maximum Gasteiger partial charge on any atom is 0.308 e. The third-order valence-corrected chi connectivity index (χ3v) is 5.75. The number of nitrogens with one attached hydrogen (secondary N) is 1. The first-order valence-corrected chi connectivity index (χ1v) is 9.91. The molecule has 6 nitrogen and oxygen atoms in total. The first kappa shape index (κ1) is 18.7. The van der Waals surface area contributed by atoms with Gasteiger partial charge in [0.2, 0.25) is 10.0 Å². The van der Waals surface area contributed by atoms with Crippen molar-refractivity contribution in [1.29, 1.82) is 0 Å². The predicted octanol–water partition coefficient (Wildman–Crippen LogP) is 3.11.